The second kappa shape index (κ2) is 7.60. The maximum atomic E-state index is 12.4. The lowest BCUT2D eigenvalue weighted by Gasteiger charge is -2.20. The fraction of sp³-hybridized carbons (Fsp3) is 0.333. The zero-order valence-electron chi connectivity index (χ0n) is 15.8. The van der Waals surface area contributed by atoms with E-state index in [0.29, 0.717) is 11.4 Å². The third-order valence-corrected chi connectivity index (χ3v) is 4.14. The Morgan fingerprint density at radius 3 is 2.23 bits per heavy atom. The molecule has 26 heavy (non-hydrogen) atoms. The SMILES string of the molecule is Cc1ccc(C(=O)O)cc1NC(=O)[C@H](C)Oc1ccc(C(C)(C)C)cc1. The molecule has 0 bridgehead atoms. The number of benzene rings is 2. The van der Waals surface area contributed by atoms with E-state index in [1.165, 1.54) is 17.7 Å². The van der Waals surface area contributed by atoms with Gasteiger partial charge in [0.05, 0.1) is 5.56 Å². The number of aromatic carboxylic acids is 1. The fourth-order valence-corrected chi connectivity index (χ4v) is 2.42. The molecule has 1 amide bonds. The molecular formula is C21H25NO4. The predicted molar refractivity (Wildman–Crippen MR) is 102 cm³/mol. The number of hydrogen-bond donors (Lipinski definition) is 2. The van der Waals surface area contributed by atoms with Gasteiger partial charge in [-0.25, -0.2) is 4.79 Å². The van der Waals surface area contributed by atoms with Gasteiger partial charge in [-0.15, -0.1) is 0 Å². The largest absolute Gasteiger partial charge is 0.481 e. The first kappa shape index (κ1) is 19.5. The van der Waals surface area contributed by atoms with E-state index in [1.54, 1.807) is 19.9 Å². The lowest BCUT2D eigenvalue weighted by atomic mass is 9.87. The third-order valence-electron chi connectivity index (χ3n) is 4.14. The quantitative estimate of drug-likeness (QED) is 0.834. The summed E-state index contributed by atoms with van der Waals surface area (Å²) in [6.45, 7) is 9.85. The van der Waals surface area contributed by atoms with Crippen molar-refractivity contribution in [1.29, 1.82) is 0 Å². The standard InChI is InChI=1S/C21H25NO4/c1-13-6-7-15(20(24)25)12-18(13)22-19(23)14(2)26-17-10-8-16(9-11-17)21(3,4)5/h6-12,14H,1-5H3,(H,22,23)(H,24,25)/t14-/m0/s1. The van der Waals surface area contributed by atoms with E-state index in [1.807, 2.05) is 24.3 Å². The molecule has 0 radical (unpaired) electrons. The van der Waals surface area contributed by atoms with Crippen molar-refractivity contribution in [1.82, 2.24) is 0 Å². The van der Waals surface area contributed by atoms with Gasteiger partial charge in [-0.1, -0.05) is 39.0 Å². The molecule has 0 unspecified atom stereocenters. The Morgan fingerprint density at radius 1 is 1.08 bits per heavy atom. The Hall–Kier alpha value is -2.82. The smallest absolute Gasteiger partial charge is 0.335 e. The van der Waals surface area contributed by atoms with Crippen LogP contribution in [-0.2, 0) is 10.2 Å². The van der Waals surface area contributed by atoms with Crippen LogP contribution in [0.15, 0.2) is 42.5 Å². The zero-order chi connectivity index (χ0) is 19.5. The highest BCUT2D eigenvalue weighted by atomic mass is 16.5. The van der Waals surface area contributed by atoms with Crippen LogP contribution >= 0.6 is 0 Å². The summed E-state index contributed by atoms with van der Waals surface area (Å²) in [5, 5.41) is 11.8. The van der Waals surface area contributed by atoms with Crippen molar-refractivity contribution in [2.45, 2.75) is 46.1 Å². The Morgan fingerprint density at radius 2 is 1.69 bits per heavy atom. The number of aryl methyl sites for hydroxylation is 1. The van der Waals surface area contributed by atoms with E-state index in [9.17, 15) is 9.59 Å². The highest BCUT2D eigenvalue weighted by Gasteiger charge is 2.18. The second-order valence-corrected chi connectivity index (χ2v) is 7.36. The number of rotatable bonds is 5. The van der Waals surface area contributed by atoms with Crippen molar-refractivity contribution in [3.8, 4) is 5.75 Å². The molecule has 0 saturated carbocycles. The molecule has 2 aromatic carbocycles. The van der Waals surface area contributed by atoms with Crippen molar-refractivity contribution in [3.63, 3.8) is 0 Å². The minimum absolute atomic E-state index is 0.0498. The number of nitrogens with one attached hydrogen (secondary N) is 1. The van der Waals surface area contributed by atoms with Crippen molar-refractivity contribution >= 4 is 17.6 Å². The van der Waals surface area contributed by atoms with Crippen molar-refractivity contribution in [2.24, 2.45) is 0 Å². The molecule has 2 N–H and O–H groups in total. The topological polar surface area (TPSA) is 75.6 Å². The highest BCUT2D eigenvalue weighted by Crippen LogP contribution is 2.25. The molecule has 0 aliphatic rings. The number of hydrogen-bond acceptors (Lipinski definition) is 3. The number of carbonyl (C=O) groups excluding carboxylic acids is 1. The van der Waals surface area contributed by atoms with Gasteiger partial charge in [0.1, 0.15) is 5.75 Å². The molecule has 0 heterocycles. The Labute approximate surface area is 154 Å². The van der Waals surface area contributed by atoms with Gasteiger partial charge in [-0.2, -0.15) is 0 Å². The van der Waals surface area contributed by atoms with Gasteiger partial charge >= 0.3 is 5.97 Å². The Kier molecular flexibility index (Phi) is 5.70. The lowest BCUT2D eigenvalue weighted by Crippen LogP contribution is -2.30. The van der Waals surface area contributed by atoms with Crippen LogP contribution in [0.3, 0.4) is 0 Å². The third kappa shape index (κ3) is 4.85. The van der Waals surface area contributed by atoms with Crippen molar-refractivity contribution in [2.75, 3.05) is 5.32 Å². The first-order valence-corrected chi connectivity index (χ1v) is 8.50. The van der Waals surface area contributed by atoms with E-state index < -0.39 is 12.1 Å². The molecule has 5 heteroatoms. The molecular weight excluding hydrogens is 330 g/mol. The van der Waals surface area contributed by atoms with Gasteiger partial charge in [0.25, 0.3) is 5.91 Å². The molecule has 5 nitrogen and oxygen atoms in total. The number of carbonyl (C=O) groups is 2. The van der Waals surface area contributed by atoms with E-state index in [-0.39, 0.29) is 16.9 Å². The molecule has 2 aromatic rings. The van der Waals surface area contributed by atoms with E-state index in [2.05, 4.69) is 26.1 Å². The summed E-state index contributed by atoms with van der Waals surface area (Å²) in [6, 6.07) is 12.3. The summed E-state index contributed by atoms with van der Waals surface area (Å²) in [4.78, 5) is 23.5. The molecule has 0 aromatic heterocycles. The maximum absolute atomic E-state index is 12.4. The number of carboxylic acids is 1. The lowest BCUT2D eigenvalue weighted by molar-refractivity contribution is -0.122. The minimum atomic E-state index is -1.04. The van der Waals surface area contributed by atoms with Gasteiger partial charge in [0.2, 0.25) is 0 Å². The van der Waals surface area contributed by atoms with Gasteiger partial charge in [-0.05, 0) is 54.7 Å². The molecule has 2 rings (SSSR count). The average molecular weight is 355 g/mol. The van der Waals surface area contributed by atoms with E-state index in [0.717, 1.165) is 5.56 Å². The van der Waals surface area contributed by atoms with Crippen molar-refractivity contribution < 1.29 is 19.4 Å². The van der Waals surface area contributed by atoms with Crippen LogP contribution in [0.25, 0.3) is 0 Å². The van der Waals surface area contributed by atoms with E-state index in [4.69, 9.17) is 9.84 Å². The van der Waals surface area contributed by atoms with Crippen LogP contribution < -0.4 is 10.1 Å². The molecule has 138 valence electrons. The highest BCUT2D eigenvalue weighted by molar-refractivity contribution is 5.96. The monoisotopic (exact) mass is 355 g/mol. The number of amides is 1. The van der Waals surface area contributed by atoms with Crippen LogP contribution in [0, 0.1) is 6.92 Å². The summed E-state index contributed by atoms with van der Waals surface area (Å²) in [5.74, 6) is -0.768. The first-order valence-electron chi connectivity index (χ1n) is 8.50. The molecule has 0 saturated heterocycles. The predicted octanol–water partition coefficient (Wildman–Crippen LogP) is 4.40. The van der Waals surface area contributed by atoms with Gasteiger partial charge in [0, 0.05) is 5.69 Å². The van der Waals surface area contributed by atoms with Gasteiger partial charge < -0.3 is 15.2 Å². The number of anilines is 1. The fourth-order valence-electron chi connectivity index (χ4n) is 2.42. The van der Waals surface area contributed by atoms with Crippen LogP contribution in [-0.4, -0.2) is 23.1 Å². The maximum Gasteiger partial charge on any atom is 0.335 e. The summed E-state index contributed by atoms with van der Waals surface area (Å²) in [6.07, 6.45) is -0.719. The number of carboxylic acid groups (broad SMARTS) is 1. The van der Waals surface area contributed by atoms with Crippen LogP contribution in [0.5, 0.6) is 5.75 Å². The molecule has 0 aliphatic heterocycles. The summed E-state index contributed by atoms with van der Waals surface area (Å²) in [5.41, 5.74) is 2.60. The second-order valence-electron chi connectivity index (χ2n) is 7.36. The zero-order valence-corrected chi connectivity index (χ0v) is 15.8. The summed E-state index contributed by atoms with van der Waals surface area (Å²) < 4.78 is 5.71. The molecule has 0 spiro atoms. The Bertz CT molecular complexity index is 804. The molecule has 0 aliphatic carbocycles. The Balaban J connectivity index is 2.06. The summed E-state index contributed by atoms with van der Waals surface area (Å²) >= 11 is 0. The average Bonchev–Trinajstić information content (AvgIpc) is 2.56. The van der Waals surface area contributed by atoms with Crippen LogP contribution in [0.4, 0.5) is 5.69 Å². The molecule has 0 fully saturated rings. The normalized spacial score (nSPS) is 12.3. The minimum Gasteiger partial charge on any atom is -0.481 e. The van der Waals surface area contributed by atoms with Crippen molar-refractivity contribution in [3.05, 3.63) is 59.2 Å². The summed E-state index contributed by atoms with van der Waals surface area (Å²) in [7, 11) is 0. The number of ether oxygens (including phenoxy) is 1. The van der Waals surface area contributed by atoms with E-state index >= 15 is 0 Å². The molecule has 1 atom stereocenters. The van der Waals surface area contributed by atoms with Gasteiger partial charge in [0.15, 0.2) is 6.10 Å². The first-order chi connectivity index (χ1) is 12.1. The van der Waals surface area contributed by atoms with Gasteiger partial charge in [-0.3, -0.25) is 4.79 Å². The van der Waals surface area contributed by atoms with Crippen LogP contribution in [0.2, 0.25) is 0 Å². The van der Waals surface area contributed by atoms with Crippen LogP contribution in [0.1, 0.15) is 49.2 Å².